The molecule has 29 heavy (non-hydrogen) atoms. The van der Waals surface area contributed by atoms with Crippen molar-refractivity contribution < 1.29 is 9.47 Å². The molecule has 152 valence electrons. The van der Waals surface area contributed by atoms with Gasteiger partial charge in [-0.25, -0.2) is 0 Å². The van der Waals surface area contributed by atoms with Crippen LogP contribution in [0.5, 0.6) is 11.5 Å². The molecule has 0 spiro atoms. The fourth-order valence-corrected chi connectivity index (χ4v) is 3.15. The number of unbranched alkanes of at least 4 members (excludes halogenated alkanes) is 2. The topological polar surface area (TPSA) is 30.5 Å². The van der Waals surface area contributed by atoms with E-state index in [2.05, 4.69) is 60.8 Å². The van der Waals surface area contributed by atoms with Crippen LogP contribution in [0, 0.1) is 0 Å². The van der Waals surface area contributed by atoms with Crippen molar-refractivity contribution in [3.05, 3.63) is 90.0 Å². The molecule has 0 saturated heterocycles. The van der Waals surface area contributed by atoms with Gasteiger partial charge in [0.1, 0.15) is 11.5 Å². The molecule has 0 aliphatic carbocycles. The number of ether oxygens (including phenoxy) is 2. The molecule has 3 rings (SSSR count). The summed E-state index contributed by atoms with van der Waals surface area (Å²) in [5.41, 5.74) is 3.50. The molecule has 3 aromatic carbocycles. The Balaban J connectivity index is 1.50. The first-order chi connectivity index (χ1) is 14.3. The maximum Gasteiger partial charge on any atom is 0.124 e. The maximum absolute atomic E-state index is 5.98. The van der Waals surface area contributed by atoms with Crippen molar-refractivity contribution in [2.45, 2.75) is 39.2 Å². The maximum atomic E-state index is 5.98. The molecule has 0 aliphatic heterocycles. The van der Waals surface area contributed by atoms with Crippen LogP contribution in [0.25, 0.3) is 0 Å². The fraction of sp³-hybridized carbons (Fsp3) is 0.308. The smallest absolute Gasteiger partial charge is 0.124 e. The average molecular weight is 390 g/mol. The quantitative estimate of drug-likeness (QED) is 0.359. The highest BCUT2D eigenvalue weighted by Gasteiger charge is 2.04. The van der Waals surface area contributed by atoms with Gasteiger partial charge in [0.05, 0.1) is 13.2 Å². The molecule has 1 N–H and O–H groups in total. The highest BCUT2D eigenvalue weighted by Crippen LogP contribution is 2.22. The molecule has 0 saturated carbocycles. The number of benzene rings is 3. The van der Waals surface area contributed by atoms with E-state index in [4.69, 9.17) is 9.47 Å². The van der Waals surface area contributed by atoms with E-state index in [0.29, 0.717) is 6.61 Å². The fourth-order valence-electron chi connectivity index (χ4n) is 3.15. The number of anilines is 1. The lowest BCUT2D eigenvalue weighted by molar-refractivity contribution is 0.303. The van der Waals surface area contributed by atoms with E-state index in [9.17, 15) is 0 Å². The first-order valence-electron chi connectivity index (χ1n) is 10.6. The molecule has 0 heterocycles. The largest absolute Gasteiger partial charge is 0.493 e. The van der Waals surface area contributed by atoms with E-state index in [0.717, 1.165) is 43.2 Å². The summed E-state index contributed by atoms with van der Waals surface area (Å²) in [5.74, 6) is 1.85. The zero-order valence-electron chi connectivity index (χ0n) is 17.3. The molecule has 0 amide bonds. The van der Waals surface area contributed by atoms with Gasteiger partial charge in [0.2, 0.25) is 0 Å². The van der Waals surface area contributed by atoms with E-state index in [1.807, 2.05) is 30.3 Å². The minimum Gasteiger partial charge on any atom is -0.493 e. The lowest BCUT2D eigenvalue weighted by Crippen LogP contribution is -2.05. The first kappa shape index (κ1) is 20.8. The van der Waals surface area contributed by atoms with Gasteiger partial charge < -0.3 is 14.8 Å². The van der Waals surface area contributed by atoms with Crippen molar-refractivity contribution in [3.8, 4) is 11.5 Å². The van der Waals surface area contributed by atoms with Crippen LogP contribution in [0.15, 0.2) is 78.9 Å². The molecular weight excluding hydrogens is 358 g/mol. The van der Waals surface area contributed by atoms with Gasteiger partial charge in [-0.2, -0.15) is 0 Å². The molecule has 0 radical (unpaired) electrons. The van der Waals surface area contributed by atoms with E-state index < -0.39 is 0 Å². The van der Waals surface area contributed by atoms with E-state index in [1.54, 1.807) is 0 Å². The van der Waals surface area contributed by atoms with Crippen molar-refractivity contribution >= 4 is 5.69 Å². The summed E-state index contributed by atoms with van der Waals surface area (Å²) in [6.45, 7) is 4.37. The van der Waals surface area contributed by atoms with Crippen LogP contribution in [-0.2, 0) is 13.0 Å². The minimum absolute atomic E-state index is 0.669. The van der Waals surface area contributed by atoms with Crippen LogP contribution in [0.4, 0.5) is 5.69 Å². The lowest BCUT2D eigenvalue weighted by atomic mass is 10.2. The Hall–Kier alpha value is -2.94. The zero-order valence-corrected chi connectivity index (χ0v) is 17.3. The molecule has 0 unspecified atom stereocenters. The Morgan fingerprint density at radius 1 is 0.759 bits per heavy atom. The number of nitrogens with one attached hydrogen (secondary N) is 1. The summed E-state index contributed by atoms with van der Waals surface area (Å²) in [5, 5.41) is 3.49. The Labute approximate surface area is 174 Å². The highest BCUT2D eigenvalue weighted by molar-refractivity contribution is 5.49. The van der Waals surface area contributed by atoms with Gasteiger partial charge in [-0.05, 0) is 30.2 Å². The van der Waals surface area contributed by atoms with Gasteiger partial charge in [-0.15, -0.1) is 0 Å². The van der Waals surface area contributed by atoms with Crippen molar-refractivity contribution in [1.82, 2.24) is 0 Å². The summed E-state index contributed by atoms with van der Waals surface area (Å²) < 4.78 is 11.9. The Morgan fingerprint density at radius 3 is 2.45 bits per heavy atom. The van der Waals surface area contributed by atoms with Crippen LogP contribution in [0.3, 0.4) is 0 Å². The van der Waals surface area contributed by atoms with Crippen molar-refractivity contribution in [2.24, 2.45) is 0 Å². The second-order valence-electron chi connectivity index (χ2n) is 7.13. The molecule has 0 fully saturated rings. The summed E-state index contributed by atoms with van der Waals surface area (Å²) in [6, 6.07) is 26.8. The van der Waals surface area contributed by atoms with Gasteiger partial charge in [0.25, 0.3) is 0 Å². The van der Waals surface area contributed by atoms with Crippen LogP contribution < -0.4 is 14.8 Å². The predicted octanol–water partition coefficient (Wildman–Crippen LogP) is 6.49. The zero-order chi connectivity index (χ0) is 20.2. The summed E-state index contributed by atoms with van der Waals surface area (Å²) >= 11 is 0. The molecule has 0 aromatic heterocycles. The molecule has 0 aliphatic rings. The third-order valence-corrected chi connectivity index (χ3v) is 4.80. The Bertz CT molecular complexity index is 848. The Kier molecular flexibility index (Phi) is 8.46. The van der Waals surface area contributed by atoms with Crippen molar-refractivity contribution in [1.29, 1.82) is 0 Å². The molecule has 0 atom stereocenters. The molecule has 3 heteroatoms. The second kappa shape index (κ2) is 11.8. The molecule has 3 nitrogen and oxygen atoms in total. The average Bonchev–Trinajstić information content (AvgIpc) is 2.77. The molecule has 3 aromatic rings. The summed E-state index contributed by atoms with van der Waals surface area (Å²) in [7, 11) is 0. The summed E-state index contributed by atoms with van der Waals surface area (Å²) in [4.78, 5) is 0. The van der Waals surface area contributed by atoms with Gasteiger partial charge in [-0.3, -0.25) is 0 Å². The van der Waals surface area contributed by atoms with Crippen molar-refractivity contribution in [2.75, 3.05) is 18.5 Å². The van der Waals surface area contributed by atoms with Crippen molar-refractivity contribution in [3.63, 3.8) is 0 Å². The van der Waals surface area contributed by atoms with E-state index in [-0.39, 0.29) is 0 Å². The lowest BCUT2D eigenvalue weighted by Gasteiger charge is -2.13. The van der Waals surface area contributed by atoms with Crippen LogP contribution in [0.1, 0.15) is 37.3 Å². The van der Waals surface area contributed by atoms with Crippen LogP contribution in [-0.4, -0.2) is 13.2 Å². The van der Waals surface area contributed by atoms with Crippen LogP contribution >= 0.6 is 0 Å². The number of hydrogen-bond acceptors (Lipinski definition) is 3. The molecule has 0 bridgehead atoms. The summed E-state index contributed by atoms with van der Waals surface area (Å²) in [6.07, 6.45) is 4.41. The number of para-hydroxylation sites is 1. The molecular formula is C26H31NO2. The predicted molar refractivity (Wildman–Crippen MR) is 121 cm³/mol. The van der Waals surface area contributed by atoms with E-state index >= 15 is 0 Å². The first-order valence-corrected chi connectivity index (χ1v) is 10.6. The van der Waals surface area contributed by atoms with Gasteiger partial charge >= 0.3 is 0 Å². The van der Waals surface area contributed by atoms with Gasteiger partial charge in [0.15, 0.2) is 0 Å². The van der Waals surface area contributed by atoms with Gasteiger partial charge in [-0.1, -0.05) is 74.4 Å². The van der Waals surface area contributed by atoms with Gasteiger partial charge in [0, 0.05) is 30.3 Å². The monoisotopic (exact) mass is 389 g/mol. The number of hydrogen-bond donors (Lipinski definition) is 1. The second-order valence-corrected chi connectivity index (χ2v) is 7.13. The Morgan fingerprint density at radius 2 is 1.59 bits per heavy atom. The standard InChI is InChI=1S/C26H31NO2/c1-2-3-9-18-29-26-16-8-7-13-23(26)21-27-24-14-10-15-25(20-24)28-19-17-22-11-5-4-6-12-22/h4-8,10-16,20,27H,2-3,9,17-19,21H2,1H3. The van der Waals surface area contributed by atoms with Crippen LogP contribution in [0.2, 0.25) is 0 Å². The third-order valence-electron chi connectivity index (χ3n) is 4.80. The van der Waals surface area contributed by atoms with E-state index in [1.165, 1.54) is 24.0 Å². The minimum atomic E-state index is 0.669. The number of rotatable bonds is 12. The SMILES string of the molecule is CCCCCOc1ccccc1CNc1cccc(OCCc2ccccc2)c1. The third kappa shape index (κ3) is 7.19. The highest BCUT2D eigenvalue weighted by atomic mass is 16.5. The normalized spacial score (nSPS) is 10.5.